The van der Waals surface area contributed by atoms with Crippen LogP contribution in [0.3, 0.4) is 0 Å². The van der Waals surface area contributed by atoms with Crippen molar-refractivity contribution in [2.75, 3.05) is 7.05 Å². The fourth-order valence-electron chi connectivity index (χ4n) is 1.37. The first kappa shape index (κ1) is 14.5. The molecule has 0 radical (unpaired) electrons. The minimum absolute atomic E-state index is 0.262. The molecule has 1 heterocycles. The molecule has 2 atom stereocenters. The zero-order valence-electron chi connectivity index (χ0n) is 10.7. The first-order valence-corrected chi connectivity index (χ1v) is 6.61. The number of carboxylic acid groups (broad SMARTS) is 1. The highest BCUT2D eigenvalue weighted by molar-refractivity contribution is 7.07. The number of nitrogens with one attached hydrogen (secondary N) is 1. The predicted octanol–water partition coefficient (Wildman–Crippen LogP) is 2.00. The molecule has 1 aromatic heterocycles. The maximum atomic E-state index is 11.8. The first-order chi connectivity index (χ1) is 8.41. The van der Waals surface area contributed by atoms with E-state index in [9.17, 15) is 9.59 Å². The lowest BCUT2D eigenvalue weighted by Gasteiger charge is -2.23. The summed E-state index contributed by atoms with van der Waals surface area (Å²) in [5.74, 6) is -1.52. The lowest BCUT2D eigenvalue weighted by Crippen LogP contribution is -2.45. The largest absolute Gasteiger partial charge is 0.481 e. The number of carboxylic acids is 1. The molecule has 0 aliphatic heterocycles. The number of carbonyl (C=O) groups is 2. The van der Waals surface area contributed by atoms with Crippen LogP contribution in [0.1, 0.15) is 19.4 Å². The van der Waals surface area contributed by atoms with Gasteiger partial charge in [0, 0.05) is 19.6 Å². The second-order valence-corrected chi connectivity index (χ2v) is 5.13. The third-order valence-electron chi connectivity index (χ3n) is 2.84. The van der Waals surface area contributed by atoms with Crippen molar-refractivity contribution in [3.8, 4) is 0 Å². The molecule has 0 fully saturated rings. The van der Waals surface area contributed by atoms with Crippen LogP contribution >= 0.6 is 11.3 Å². The van der Waals surface area contributed by atoms with Crippen LogP contribution < -0.4 is 5.32 Å². The molecule has 1 rings (SSSR count). The molecule has 0 bridgehead atoms. The van der Waals surface area contributed by atoms with Crippen molar-refractivity contribution in [3.63, 3.8) is 0 Å². The Balaban J connectivity index is 2.47. The predicted molar refractivity (Wildman–Crippen MR) is 70.6 cm³/mol. The number of nitrogens with zero attached hydrogens (tertiary/aromatic N) is 1. The average molecular weight is 270 g/mol. The van der Waals surface area contributed by atoms with E-state index in [4.69, 9.17) is 5.11 Å². The maximum absolute atomic E-state index is 11.8. The second-order valence-electron chi connectivity index (χ2n) is 4.35. The van der Waals surface area contributed by atoms with Gasteiger partial charge in [-0.05, 0) is 36.2 Å². The lowest BCUT2D eigenvalue weighted by molar-refractivity contribution is -0.141. The molecule has 100 valence electrons. The van der Waals surface area contributed by atoms with E-state index in [1.54, 1.807) is 32.2 Å². The molecule has 0 aliphatic carbocycles. The van der Waals surface area contributed by atoms with Crippen LogP contribution in [-0.4, -0.2) is 35.1 Å². The average Bonchev–Trinajstić information content (AvgIpc) is 2.80. The van der Waals surface area contributed by atoms with Crippen molar-refractivity contribution in [2.45, 2.75) is 26.4 Å². The second kappa shape index (κ2) is 6.39. The molecule has 2 unspecified atom stereocenters. The van der Waals surface area contributed by atoms with Gasteiger partial charge in [0.05, 0.1) is 5.92 Å². The fraction of sp³-hybridized carbons (Fsp3) is 0.500. The molecule has 6 heteroatoms. The smallest absolute Gasteiger partial charge is 0.317 e. The zero-order valence-corrected chi connectivity index (χ0v) is 11.5. The summed E-state index contributed by atoms with van der Waals surface area (Å²) in [6.45, 7) is 3.78. The Hall–Kier alpha value is -1.56. The van der Waals surface area contributed by atoms with E-state index in [0.29, 0.717) is 6.54 Å². The Bertz CT molecular complexity index is 405. The Morgan fingerprint density at radius 3 is 2.67 bits per heavy atom. The molecule has 1 aromatic rings. The number of urea groups is 1. The van der Waals surface area contributed by atoms with Gasteiger partial charge in [-0.15, -0.1) is 0 Å². The van der Waals surface area contributed by atoms with Crippen LogP contribution in [0.25, 0.3) is 0 Å². The van der Waals surface area contributed by atoms with Crippen molar-refractivity contribution in [1.82, 2.24) is 10.2 Å². The van der Waals surface area contributed by atoms with Crippen molar-refractivity contribution in [1.29, 1.82) is 0 Å². The van der Waals surface area contributed by atoms with Crippen LogP contribution in [0, 0.1) is 5.92 Å². The quantitative estimate of drug-likeness (QED) is 0.859. The third kappa shape index (κ3) is 4.03. The Morgan fingerprint density at radius 1 is 1.50 bits per heavy atom. The monoisotopic (exact) mass is 270 g/mol. The summed E-state index contributed by atoms with van der Waals surface area (Å²) in [4.78, 5) is 24.2. The van der Waals surface area contributed by atoms with E-state index in [2.05, 4.69) is 5.32 Å². The van der Waals surface area contributed by atoms with E-state index in [-0.39, 0.29) is 6.03 Å². The van der Waals surface area contributed by atoms with E-state index < -0.39 is 17.9 Å². The van der Waals surface area contributed by atoms with Crippen LogP contribution in [0.5, 0.6) is 0 Å². The Kier molecular flexibility index (Phi) is 5.15. The third-order valence-corrected chi connectivity index (χ3v) is 3.57. The standard InChI is InChI=1S/C12H18N2O3S/c1-8(11(15)16)9(2)13-12(17)14(3)6-10-4-5-18-7-10/h4-5,7-9H,6H2,1-3H3,(H,13,17)(H,15,16). The van der Waals surface area contributed by atoms with Crippen molar-refractivity contribution in [3.05, 3.63) is 22.4 Å². The summed E-state index contributed by atoms with van der Waals surface area (Å²) in [6, 6.07) is 1.29. The van der Waals surface area contributed by atoms with Gasteiger partial charge >= 0.3 is 12.0 Å². The molecule has 0 aromatic carbocycles. The number of rotatable bonds is 5. The SMILES string of the molecule is CC(NC(=O)N(C)Cc1ccsc1)C(C)C(=O)O. The number of hydrogen-bond donors (Lipinski definition) is 2. The molecular formula is C12H18N2O3S. The van der Waals surface area contributed by atoms with Gasteiger partial charge in [0.1, 0.15) is 0 Å². The molecule has 0 spiro atoms. The van der Waals surface area contributed by atoms with E-state index in [1.807, 2.05) is 16.8 Å². The molecule has 0 saturated carbocycles. The highest BCUT2D eigenvalue weighted by Crippen LogP contribution is 2.09. The topological polar surface area (TPSA) is 69.6 Å². The van der Waals surface area contributed by atoms with Gasteiger partial charge in [0.2, 0.25) is 0 Å². The molecule has 18 heavy (non-hydrogen) atoms. The maximum Gasteiger partial charge on any atom is 0.317 e. The minimum atomic E-state index is -0.914. The summed E-state index contributed by atoms with van der Waals surface area (Å²) < 4.78 is 0. The lowest BCUT2D eigenvalue weighted by atomic mass is 10.0. The van der Waals surface area contributed by atoms with Gasteiger partial charge in [-0.1, -0.05) is 0 Å². The highest BCUT2D eigenvalue weighted by Gasteiger charge is 2.22. The zero-order chi connectivity index (χ0) is 13.7. The van der Waals surface area contributed by atoms with Gasteiger partial charge in [0.25, 0.3) is 0 Å². The van der Waals surface area contributed by atoms with E-state index in [0.717, 1.165) is 5.56 Å². The fourth-order valence-corrected chi connectivity index (χ4v) is 2.03. The Labute approximate surface area is 110 Å². The number of amides is 2. The van der Waals surface area contributed by atoms with Crippen molar-refractivity contribution >= 4 is 23.3 Å². The van der Waals surface area contributed by atoms with Gasteiger partial charge < -0.3 is 15.3 Å². The summed E-state index contributed by atoms with van der Waals surface area (Å²) in [5.41, 5.74) is 1.07. The molecule has 5 nitrogen and oxygen atoms in total. The first-order valence-electron chi connectivity index (χ1n) is 5.67. The molecule has 2 amide bonds. The molecular weight excluding hydrogens is 252 g/mol. The van der Waals surface area contributed by atoms with E-state index in [1.165, 1.54) is 4.90 Å². The molecule has 2 N–H and O–H groups in total. The summed E-state index contributed by atoms with van der Waals surface area (Å²) in [7, 11) is 1.69. The van der Waals surface area contributed by atoms with Gasteiger partial charge in [0.15, 0.2) is 0 Å². The normalized spacial score (nSPS) is 13.7. The summed E-state index contributed by atoms with van der Waals surface area (Å²) in [5, 5.41) is 15.5. The number of thiophene rings is 1. The Morgan fingerprint density at radius 2 is 2.17 bits per heavy atom. The molecule has 0 aliphatic rings. The van der Waals surface area contributed by atoms with Crippen LogP contribution in [0.2, 0.25) is 0 Å². The summed E-state index contributed by atoms with van der Waals surface area (Å²) in [6.07, 6.45) is 0. The van der Waals surface area contributed by atoms with Crippen LogP contribution in [0.4, 0.5) is 4.79 Å². The highest BCUT2D eigenvalue weighted by atomic mass is 32.1. The van der Waals surface area contributed by atoms with E-state index >= 15 is 0 Å². The molecule has 0 saturated heterocycles. The summed E-state index contributed by atoms with van der Waals surface area (Å²) >= 11 is 1.58. The van der Waals surface area contributed by atoms with Gasteiger partial charge in [-0.3, -0.25) is 4.79 Å². The van der Waals surface area contributed by atoms with Gasteiger partial charge in [-0.25, -0.2) is 4.79 Å². The van der Waals surface area contributed by atoms with Crippen molar-refractivity contribution in [2.24, 2.45) is 5.92 Å². The number of carbonyl (C=O) groups excluding carboxylic acids is 1. The van der Waals surface area contributed by atoms with Crippen LogP contribution in [-0.2, 0) is 11.3 Å². The van der Waals surface area contributed by atoms with Crippen molar-refractivity contribution < 1.29 is 14.7 Å². The van der Waals surface area contributed by atoms with Gasteiger partial charge in [-0.2, -0.15) is 11.3 Å². The minimum Gasteiger partial charge on any atom is -0.481 e. The number of hydrogen-bond acceptors (Lipinski definition) is 3. The van der Waals surface area contributed by atoms with Crippen LogP contribution in [0.15, 0.2) is 16.8 Å². The number of aliphatic carboxylic acids is 1.